The molecule has 1 aliphatic rings. The summed E-state index contributed by atoms with van der Waals surface area (Å²) in [6, 6.07) is 16.3. The van der Waals surface area contributed by atoms with E-state index in [0.717, 1.165) is 11.8 Å². The first-order valence-electron chi connectivity index (χ1n) is 10.8. The molecule has 2 aromatic heterocycles. The molecule has 0 radical (unpaired) electrons. The minimum absolute atomic E-state index is 0.177. The molecule has 5 rings (SSSR count). The van der Waals surface area contributed by atoms with Crippen molar-refractivity contribution in [2.45, 2.75) is 13.1 Å². The molecular formula is C25H22ClN7O2. The van der Waals surface area contributed by atoms with Gasteiger partial charge in [0.25, 0.3) is 5.91 Å². The largest absolute Gasteiger partial charge is 0.497 e. The van der Waals surface area contributed by atoms with Crippen LogP contribution in [0.2, 0.25) is 5.02 Å². The highest BCUT2D eigenvalue weighted by atomic mass is 35.5. The number of methoxy groups -OCH3 is 1. The van der Waals surface area contributed by atoms with Crippen molar-refractivity contribution in [1.29, 1.82) is 5.41 Å². The third-order valence-corrected chi connectivity index (χ3v) is 6.05. The lowest BCUT2D eigenvalue weighted by atomic mass is 10.1. The Morgan fingerprint density at radius 1 is 1.17 bits per heavy atom. The fraction of sp³-hybridized carbons (Fsp3) is 0.120. The second kappa shape index (κ2) is 9.11. The van der Waals surface area contributed by atoms with Gasteiger partial charge in [0.15, 0.2) is 11.3 Å². The summed E-state index contributed by atoms with van der Waals surface area (Å²) in [4.78, 5) is 19.8. The zero-order chi connectivity index (χ0) is 24.5. The number of benzene rings is 2. The molecule has 3 heterocycles. The van der Waals surface area contributed by atoms with Crippen LogP contribution in [0.1, 0.15) is 27.3 Å². The molecule has 9 nitrogen and oxygen atoms in total. The summed E-state index contributed by atoms with van der Waals surface area (Å²) >= 11 is 6.17. The smallest absolute Gasteiger partial charge is 0.276 e. The molecule has 4 N–H and O–H groups in total. The number of fused-ring (bicyclic) bond motifs is 2. The van der Waals surface area contributed by atoms with E-state index < -0.39 is 5.91 Å². The van der Waals surface area contributed by atoms with E-state index in [0.29, 0.717) is 52.3 Å². The Kier molecular flexibility index (Phi) is 5.84. The Labute approximate surface area is 206 Å². The summed E-state index contributed by atoms with van der Waals surface area (Å²) in [6.07, 6.45) is 2.48. The van der Waals surface area contributed by atoms with E-state index in [1.54, 1.807) is 37.4 Å². The molecule has 35 heavy (non-hydrogen) atoms. The maximum atomic E-state index is 13.0. The fourth-order valence-electron chi connectivity index (χ4n) is 4.07. The van der Waals surface area contributed by atoms with Gasteiger partial charge in [-0.15, -0.1) is 0 Å². The lowest BCUT2D eigenvalue weighted by Gasteiger charge is -2.18. The number of amides is 1. The van der Waals surface area contributed by atoms with Crippen LogP contribution >= 0.6 is 11.6 Å². The van der Waals surface area contributed by atoms with Crippen LogP contribution in [0.15, 0.2) is 60.8 Å². The average molecular weight is 488 g/mol. The van der Waals surface area contributed by atoms with Crippen molar-refractivity contribution < 1.29 is 9.53 Å². The van der Waals surface area contributed by atoms with Crippen LogP contribution in [0.5, 0.6) is 5.75 Å². The first kappa shape index (κ1) is 22.4. The van der Waals surface area contributed by atoms with E-state index in [2.05, 4.69) is 15.3 Å². The van der Waals surface area contributed by atoms with Crippen LogP contribution in [0.3, 0.4) is 0 Å². The second-order valence-electron chi connectivity index (χ2n) is 8.02. The van der Waals surface area contributed by atoms with Crippen molar-refractivity contribution in [1.82, 2.24) is 14.6 Å². The molecule has 0 bridgehead atoms. The number of nitrogens with one attached hydrogen (secondary N) is 2. The lowest BCUT2D eigenvalue weighted by molar-refractivity contribution is 0.102. The topological polar surface area (TPSA) is 122 Å². The van der Waals surface area contributed by atoms with Crippen LogP contribution in [-0.2, 0) is 13.1 Å². The summed E-state index contributed by atoms with van der Waals surface area (Å²) in [5.41, 5.74) is 10.3. The molecule has 0 atom stereocenters. The van der Waals surface area contributed by atoms with Gasteiger partial charge in [0.1, 0.15) is 11.6 Å². The van der Waals surface area contributed by atoms with E-state index >= 15 is 0 Å². The molecule has 0 saturated heterocycles. The number of nitrogens with zero attached hydrogens (tertiary/aromatic N) is 4. The first-order valence-corrected chi connectivity index (χ1v) is 11.2. The molecule has 0 unspecified atom stereocenters. The number of aromatic nitrogens is 3. The van der Waals surface area contributed by atoms with E-state index in [-0.39, 0.29) is 5.69 Å². The number of rotatable bonds is 6. The number of allylic oxidation sites excluding steroid dienone is 1. The SMILES string of the molecule is COc1cccc(NC(=O)c2cc3nc(N4Cc5ccc(Cl)cc5C4)cc(/C(C=N)=C/N)n3n2)c1. The third kappa shape index (κ3) is 4.29. The van der Waals surface area contributed by atoms with E-state index in [9.17, 15) is 4.79 Å². The van der Waals surface area contributed by atoms with Crippen molar-refractivity contribution in [3.8, 4) is 5.75 Å². The molecule has 10 heteroatoms. The molecule has 0 aliphatic carbocycles. The minimum atomic E-state index is -0.396. The highest BCUT2D eigenvalue weighted by molar-refractivity contribution is 6.30. The molecule has 0 saturated carbocycles. The summed E-state index contributed by atoms with van der Waals surface area (Å²) in [7, 11) is 1.56. The average Bonchev–Trinajstić information content (AvgIpc) is 3.49. The quantitative estimate of drug-likeness (QED) is 0.352. The van der Waals surface area contributed by atoms with Crippen LogP contribution in [0.4, 0.5) is 11.5 Å². The Bertz CT molecular complexity index is 1490. The number of carbonyl (C=O) groups is 1. The Balaban J connectivity index is 1.52. The predicted octanol–water partition coefficient (Wildman–Crippen LogP) is 4.11. The van der Waals surface area contributed by atoms with Crippen molar-refractivity contribution in [3.63, 3.8) is 0 Å². The normalized spacial score (nSPS) is 13.1. The monoisotopic (exact) mass is 487 g/mol. The maximum absolute atomic E-state index is 13.0. The summed E-state index contributed by atoms with van der Waals surface area (Å²) in [5.74, 6) is 0.913. The van der Waals surface area contributed by atoms with Gasteiger partial charge < -0.3 is 26.1 Å². The number of anilines is 2. The molecule has 1 aliphatic heterocycles. The summed E-state index contributed by atoms with van der Waals surface area (Å²) < 4.78 is 6.74. The molecule has 4 aromatic rings. The summed E-state index contributed by atoms with van der Waals surface area (Å²) in [5, 5.41) is 15.8. The fourth-order valence-corrected chi connectivity index (χ4v) is 4.26. The third-order valence-electron chi connectivity index (χ3n) is 5.82. The highest BCUT2D eigenvalue weighted by Gasteiger charge is 2.23. The van der Waals surface area contributed by atoms with Gasteiger partial charge >= 0.3 is 0 Å². The highest BCUT2D eigenvalue weighted by Crippen LogP contribution is 2.31. The van der Waals surface area contributed by atoms with Crippen molar-refractivity contribution in [2.75, 3.05) is 17.3 Å². The van der Waals surface area contributed by atoms with E-state index in [4.69, 9.17) is 32.5 Å². The number of hydrogen-bond acceptors (Lipinski definition) is 7. The second-order valence-corrected chi connectivity index (χ2v) is 8.46. The van der Waals surface area contributed by atoms with E-state index in [1.165, 1.54) is 16.3 Å². The van der Waals surface area contributed by atoms with Crippen LogP contribution < -0.4 is 20.7 Å². The summed E-state index contributed by atoms with van der Waals surface area (Å²) in [6.45, 7) is 1.31. The molecule has 0 spiro atoms. The molecule has 176 valence electrons. The van der Waals surface area contributed by atoms with Crippen LogP contribution in [-0.4, -0.2) is 33.8 Å². The zero-order valence-electron chi connectivity index (χ0n) is 18.8. The number of halogens is 1. The Hall–Kier alpha value is -4.37. The Morgan fingerprint density at radius 3 is 2.77 bits per heavy atom. The zero-order valence-corrected chi connectivity index (χ0v) is 19.6. The Morgan fingerprint density at radius 2 is 2.00 bits per heavy atom. The predicted molar refractivity (Wildman–Crippen MR) is 136 cm³/mol. The maximum Gasteiger partial charge on any atom is 0.276 e. The van der Waals surface area contributed by atoms with Crippen molar-refractivity contribution in [2.24, 2.45) is 5.73 Å². The van der Waals surface area contributed by atoms with Crippen molar-refractivity contribution >= 4 is 46.4 Å². The minimum Gasteiger partial charge on any atom is -0.497 e. The van der Waals surface area contributed by atoms with Gasteiger partial charge in [-0.05, 0) is 35.4 Å². The van der Waals surface area contributed by atoms with Gasteiger partial charge in [0, 0.05) is 60.0 Å². The number of nitrogens with two attached hydrogens (primary N) is 1. The van der Waals surface area contributed by atoms with E-state index in [1.807, 2.05) is 24.3 Å². The number of carbonyl (C=O) groups excluding carboxylic acids is 1. The van der Waals surface area contributed by atoms with Gasteiger partial charge in [0.2, 0.25) is 0 Å². The number of ether oxygens (including phenoxy) is 1. The van der Waals surface area contributed by atoms with Gasteiger partial charge in [0.05, 0.1) is 12.8 Å². The lowest BCUT2D eigenvalue weighted by Crippen LogP contribution is -2.17. The molecular weight excluding hydrogens is 466 g/mol. The van der Waals surface area contributed by atoms with Gasteiger partial charge in [-0.3, -0.25) is 4.79 Å². The molecule has 0 fully saturated rings. The van der Waals surface area contributed by atoms with Crippen LogP contribution in [0.25, 0.3) is 11.2 Å². The molecule has 1 amide bonds. The van der Waals surface area contributed by atoms with Crippen molar-refractivity contribution in [3.05, 3.63) is 88.3 Å². The van der Waals surface area contributed by atoms with Gasteiger partial charge in [-0.25, -0.2) is 9.50 Å². The first-order chi connectivity index (χ1) is 17.0. The number of hydrogen-bond donors (Lipinski definition) is 3. The molecule has 2 aromatic carbocycles. The standard InChI is InChI=1S/C25H22ClN7O2/c1-35-20-4-2-3-19(8-20)29-25(34)21-9-24-30-23(10-22(33(24)31-21)17(11-27)12-28)32-13-15-5-6-18(26)7-16(15)14-32/h2-12,27H,13-14,28H2,1H3,(H,29,34)/b17-12+,27-11?. The van der Waals surface area contributed by atoms with Gasteiger partial charge in [-0.2, -0.15) is 5.10 Å². The van der Waals surface area contributed by atoms with Gasteiger partial charge in [-0.1, -0.05) is 23.7 Å². The van der Waals surface area contributed by atoms with Crippen LogP contribution in [0, 0.1) is 5.41 Å².